The summed E-state index contributed by atoms with van der Waals surface area (Å²) in [5.74, 6) is 1.01. The van der Waals surface area contributed by atoms with E-state index < -0.39 is 5.97 Å². The first kappa shape index (κ1) is 25.8. The summed E-state index contributed by atoms with van der Waals surface area (Å²) in [5.41, 5.74) is 3.44. The molecule has 9 nitrogen and oxygen atoms in total. The van der Waals surface area contributed by atoms with Gasteiger partial charge in [-0.1, -0.05) is 23.4 Å². The van der Waals surface area contributed by atoms with Crippen LogP contribution in [0.1, 0.15) is 29.3 Å². The molecule has 0 atom stereocenters. The van der Waals surface area contributed by atoms with Crippen LogP contribution in [0.5, 0.6) is 11.5 Å². The van der Waals surface area contributed by atoms with Crippen LogP contribution in [0.3, 0.4) is 0 Å². The lowest BCUT2D eigenvalue weighted by molar-refractivity contribution is -0.112. The fraction of sp³-hybridized carbons (Fsp3) is 0.233. The number of carbonyl (C=O) groups excluding carboxylic acids is 2. The van der Waals surface area contributed by atoms with Gasteiger partial charge >= 0.3 is 5.97 Å². The summed E-state index contributed by atoms with van der Waals surface area (Å²) in [6.07, 6.45) is 0.575. The minimum atomic E-state index is -0.473. The van der Waals surface area contributed by atoms with Gasteiger partial charge in [-0.2, -0.15) is 0 Å². The van der Waals surface area contributed by atoms with Crippen LogP contribution < -0.4 is 14.4 Å². The molecule has 0 N–H and O–H groups in total. The molecule has 1 aliphatic rings. The number of hydrogen-bond acceptors (Lipinski definition) is 8. The van der Waals surface area contributed by atoms with Crippen molar-refractivity contribution >= 4 is 34.2 Å². The van der Waals surface area contributed by atoms with E-state index in [1.54, 1.807) is 49.3 Å². The lowest BCUT2D eigenvalue weighted by Gasteiger charge is -2.16. The first-order valence-corrected chi connectivity index (χ1v) is 12.6. The fourth-order valence-electron chi connectivity index (χ4n) is 4.59. The molecule has 0 fully saturated rings. The Kier molecular flexibility index (Phi) is 7.49. The number of oxime groups is 1. The van der Waals surface area contributed by atoms with Crippen LogP contribution in [0.25, 0.3) is 22.3 Å². The zero-order valence-corrected chi connectivity index (χ0v) is 21.9. The van der Waals surface area contributed by atoms with Crippen molar-refractivity contribution in [3.05, 3.63) is 77.9 Å². The lowest BCUT2D eigenvalue weighted by atomic mass is 10.1. The quantitative estimate of drug-likeness (QED) is 0.153. The Labute approximate surface area is 225 Å². The minimum Gasteiger partial charge on any atom is -0.497 e. The van der Waals surface area contributed by atoms with E-state index in [9.17, 15) is 9.59 Å². The number of esters is 1. The number of rotatable bonds is 10. The molecule has 1 aromatic heterocycles. The van der Waals surface area contributed by atoms with Crippen molar-refractivity contribution in [3.63, 3.8) is 0 Å². The van der Waals surface area contributed by atoms with Gasteiger partial charge in [-0.3, -0.25) is 4.79 Å². The minimum absolute atomic E-state index is 0.206. The normalized spacial score (nSPS) is 13.6. The summed E-state index contributed by atoms with van der Waals surface area (Å²) in [7, 11) is 3.01. The third-order valence-corrected chi connectivity index (χ3v) is 6.37. The van der Waals surface area contributed by atoms with Gasteiger partial charge < -0.3 is 28.4 Å². The number of methoxy groups -OCH3 is 1. The highest BCUT2D eigenvalue weighted by Crippen LogP contribution is 2.37. The second kappa shape index (κ2) is 11.3. The van der Waals surface area contributed by atoms with E-state index in [-0.39, 0.29) is 12.5 Å². The predicted octanol–water partition coefficient (Wildman–Crippen LogP) is 5.45. The maximum Gasteiger partial charge on any atom is 0.342 e. The first-order chi connectivity index (χ1) is 19.0. The second-order valence-corrected chi connectivity index (χ2v) is 8.71. The molecule has 5 rings (SSSR count). The molecular weight excluding hydrogens is 500 g/mol. The largest absolute Gasteiger partial charge is 0.497 e. The molecule has 2 heterocycles. The molecular formula is C30H28N2O7. The molecule has 0 unspecified atom stereocenters. The van der Waals surface area contributed by atoms with E-state index in [1.165, 1.54) is 7.11 Å². The molecule has 3 aromatic carbocycles. The molecule has 0 saturated heterocycles. The van der Waals surface area contributed by atoms with Crippen molar-refractivity contribution in [1.82, 2.24) is 0 Å². The molecule has 39 heavy (non-hydrogen) atoms. The van der Waals surface area contributed by atoms with Crippen LogP contribution in [0, 0.1) is 0 Å². The van der Waals surface area contributed by atoms with Gasteiger partial charge in [-0.25, -0.2) is 4.79 Å². The van der Waals surface area contributed by atoms with E-state index in [2.05, 4.69) is 5.16 Å². The molecule has 9 heteroatoms. The number of fused-ring (bicyclic) bond motifs is 2. The van der Waals surface area contributed by atoms with Crippen LogP contribution in [-0.4, -0.2) is 51.6 Å². The van der Waals surface area contributed by atoms with Crippen molar-refractivity contribution < 1.29 is 33.1 Å². The summed E-state index contributed by atoms with van der Waals surface area (Å²) < 4.78 is 22.7. The zero-order valence-electron chi connectivity index (χ0n) is 21.9. The highest BCUT2D eigenvalue weighted by molar-refractivity contribution is 6.54. The molecule has 0 radical (unpaired) electrons. The zero-order chi connectivity index (χ0) is 27.4. The van der Waals surface area contributed by atoms with Gasteiger partial charge in [0, 0.05) is 23.1 Å². The average molecular weight is 529 g/mol. The van der Waals surface area contributed by atoms with Crippen LogP contribution in [-0.2, 0) is 14.4 Å². The Hall–Kier alpha value is -4.79. The molecule has 0 spiro atoms. The van der Waals surface area contributed by atoms with Gasteiger partial charge in [0.25, 0.3) is 5.91 Å². The van der Waals surface area contributed by atoms with Crippen molar-refractivity contribution in [2.24, 2.45) is 5.16 Å². The number of carbonyl (C=O) groups is 2. The summed E-state index contributed by atoms with van der Waals surface area (Å²) in [6, 6.07) is 20.1. The number of amides is 1. The van der Waals surface area contributed by atoms with E-state index in [0.29, 0.717) is 59.1 Å². The molecule has 4 aromatic rings. The predicted molar refractivity (Wildman–Crippen MR) is 147 cm³/mol. The summed E-state index contributed by atoms with van der Waals surface area (Å²) in [6.45, 7) is 2.79. The number of para-hydroxylation sites is 1. The average Bonchev–Trinajstić information content (AvgIpc) is 3.47. The van der Waals surface area contributed by atoms with Gasteiger partial charge in [0.05, 0.1) is 26.0 Å². The molecule has 0 bridgehead atoms. The third-order valence-electron chi connectivity index (χ3n) is 6.37. The summed E-state index contributed by atoms with van der Waals surface area (Å²) >= 11 is 0. The van der Waals surface area contributed by atoms with E-state index >= 15 is 0 Å². The van der Waals surface area contributed by atoms with Crippen molar-refractivity contribution in [2.75, 3.05) is 38.9 Å². The number of anilines is 1. The Morgan fingerprint density at radius 1 is 1.00 bits per heavy atom. The SMILES string of the molecule is CCOC(=O)c1c(-c2ccc(OC)cc2)oc2ccc(OCCCN3C(=O)/C(=N/OC)c4ccccc43)cc12. The Bertz CT molecular complexity index is 1540. The fourth-order valence-corrected chi connectivity index (χ4v) is 4.59. The topological polar surface area (TPSA) is 99.8 Å². The Morgan fingerprint density at radius 3 is 2.51 bits per heavy atom. The third kappa shape index (κ3) is 5.03. The molecule has 0 saturated carbocycles. The lowest BCUT2D eigenvalue weighted by Crippen LogP contribution is -2.31. The van der Waals surface area contributed by atoms with Gasteiger partial charge in [0.1, 0.15) is 35.5 Å². The van der Waals surface area contributed by atoms with Gasteiger partial charge in [-0.15, -0.1) is 0 Å². The summed E-state index contributed by atoms with van der Waals surface area (Å²) in [5, 5.41) is 4.51. The van der Waals surface area contributed by atoms with Crippen LogP contribution >= 0.6 is 0 Å². The highest BCUT2D eigenvalue weighted by atomic mass is 16.6. The maximum atomic E-state index is 13.0. The van der Waals surface area contributed by atoms with Crippen molar-refractivity contribution in [3.8, 4) is 22.8 Å². The van der Waals surface area contributed by atoms with E-state index in [0.717, 1.165) is 16.8 Å². The number of furan rings is 1. The number of benzene rings is 3. The molecule has 200 valence electrons. The first-order valence-electron chi connectivity index (χ1n) is 12.6. The standard InChI is InChI=1S/C30H28N2O7/c1-4-37-30(34)26-23-18-21(14-15-25(23)39-28(26)19-10-12-20(35-2)13-11-19)38-17-7-16-32-24-9-6-5-8-22(24)27(29(32)33)31-36-3/h5-6,8-15,18H,4,7,16-17H2,1-3H3/b31-27+. The van der Waals surface area contributed by atoms with Gasteiger partial charge in [0.2, 0.25) is 0 Å². The number of ether oxygens (including phenoxy) is 3. The van der Waals surface area contributed by atoms with Crippen LogP contribution in [0.15, 0.2) is 76.3 Å². The molecule has 0 aliphatic carbocycles. The highest BCUT2D eigenvalue weighted by Gasteiger charge is 2.34. The van der Waals surface area contributed by atoms with E-state index in [1.807, 2.05) is 36.4 Å². The maximum absolute atomic E-state index is 13.0. The molecule has 1 aliphatic heterocycles. The monoisotopic (exact) mass is 528 g/mol. The summed E-state index contributed by atoms with van der Waals surface area (Å²) in [4.78, 5) is 32.4. The van der Waals surface area contributed by atoms with Crippen molar-refractivity contribution in [1.29, 1.82) is 0 Å². The Morgan fingerprint density at radius 2 is 1.77 bits per heavy atom. The van der Waals surface area contributed by atoms with Gasteiger partial charge in [-0.05, 0) is 61.9 Å². The number of nitrogens with zero attached hydrogens (tertiary/aromatic N) is 2. The van der Waals surface area contributed by atoms with Gasteiger partial charge in [0.15, 0.2) is 5.71 Å². The van der Waals surface area contributed by atoms with Crippen LogP contribution in [0.2, 0.25) is 0 Å². The Balaban J connectivity index is 1.34. The smallest absolute Gasteiger partial charge is 0.342 e. The molecule has 1 amide bonds. The second-order valence-electron chi connectivity index (χ2n) is 8.71. The number of hydrogen-bond donors (Lipinski definition) is 0. The van der Waals surface area contributed by atoms with Crippen molar-refractivity contribution in [2.45, 2.75) is 13.3 Å². The van der Waals surface area contributed by atoms with E-state index in [4.69, 9.17) is 23.5 Å². The van der Waals surface area contributed by atoms with Crippen LogP contribution in [0.4, 0.5) is 5.69 Å².